The van der Waals surface area contributed by atoms with Crippen LogP contribution in [0.4, 0.5) is 11.5 Å². The lowest BCUT2D eigenvalue weighted by Gasteiger charge is -2.37. The van der Waals surface area contributed by atoms with Crippen LogP contribution in [-0.4, -0.2) is 57.3 Å². The minimum atomic E-state index is -0.726. The summed E-state index contributed by atoms with van der Waals surface area (Å²) in [5.74, 6) is 0.723. The van der Waals surface area contributed by atoms with E-state index in [4.69, 9.17) is 11.1 Å². The summed E-state index contributed by atoms with van der Waals surface area (Å²) in [6.07, 6.45) is 7.22. The van der Waals surface area contributed by atoms with Gasteiger partial charge in [0.25, 0.3) is 0 Å². The molecule has 0 spiro atoms. The van der Waals surface area contributed by atoms with Gasteiger partial charge in [0.05, 0.1) is 17.0 Å². The summed E-state index contributed by atoms with van der Waals surface area (Å²) in [5, 5.41) is 19.0. The SMILES string of the molecule is C[N+]1=CC(c2ccc(N)c(C(=N)c3cc(N4CCCC(C)(O)C4)ncn3)c2)=C1. The molecule has 0 amide bonds. The number of nitrogens with two attached hydrogens (primary N) is 1. The minimum Gasteiger partial charge on any atom is -0.398 e. The van der Waals surface area contributed by atoms with Crippen LogP contribution in [-0.2, 0) is 0 Å². The molecule has 0 bridgehead atoms. The molecule has 7 nitrogen and oxygen atoms in total. The van der Waals surface area contributed by atoms with E-state index in [2.05, 4.69) is 9.97 Å². The Morgan fingerprint density at radius 2 is 2.11 bits per heavy atom. The summed E-state index contributed by atoms with van der Waals surface area (Å²) in [6, 6.07) is 7.53. The van der Waals surface area contributed by atoms with Crippen molar-refractivity contribution in [3.8, 4) is 0 Å². The number of β-amino-alcohol motifs (C(OH)–C–C–N with tert-alkyl or cyclic N) is 1. The number of piperidine rings is 1. The topological polar surface area (TPSA) is 102 Å². The molecule has 28 heavy (non-hydrogen) atoms. The molecule has 4 rings (SSSR count). The Morgan fingerprint density at radius 3 is 2.82 bits per heavy atom. The summed E-state index contributed by atoms with van der Waals surface area (Å²) in [7, 11) is 1.98. The van der Waals surface area contributed by atoms with Crippen LogP contribution in [0, 0.1) is 5.41 Å². The van der Waals surface area contributed by atoms with Crippen molar-refractivity contribution in [1.29, 1.82) is 5.41 Å². The van der Waals surface area contributed by atoms with Crippen molar-refractivity contribution in [2.24, 2.45) is 0 Å². The standard InChI is InChI=1S/C21H25N6O/c1-21(28)6-3-7-27(12-21)19-9-18(24-13-25-19)20(23)16-8-14(4-5-17(16)22)15-10-26(2)11-15/h4-5,8-11,13,23,28H,3,6-7,12,22H2,1-2H3/q+1. The molecule has 1 saturated heterocycles. The van der Waals surface area contributed by atoms with Gasteiger partial charge in [-0.25, -0.2) is 14.5 Å². The monoisotopic (exact) mass is 377 g/mol. The Hall–Kier alpha value is -3.06. The molecule has 2 aliphatic heterocycles. The van der Waals surface area contributed by atoms with E-state index in [9.17, 15) is 5.11 Å². The second kappa shape index (κ2) is 6.83. The van der Waals surface area contributed by atoms with Gasteiger partial charge in [-0.2, -0.15) is 0 Å². The number of allylic oxidation sites excluding steroid dienone is 1. The highest BCUT2D eigenvalue weighted by Gasteiger charge is 2.29. The number of rotatable bonds is 4. The Labute approximate surface area is 164 Å². The van der Waals surface area contributed by atoms with E-state index < -0.39 is 5.60 Å². The number of hydrogen-bond donors (Lipinski definition) is 3. The molecular weight excluding hydrogens is 352 g/mol. The van der Waals surface area contributed by atoms with Crippen LogP contribution in [0.15, 0.2) is 36.8 Å². The molecule has 2 aromatic rings. The highest BCUT2D eigenvalue weighted by Crippen LogP contribution is 2.27. The first-order chi connectivity index (χ1) is 13.3. The molecule has 1 fully saturated rings. The Kier molecular flexibility index (Phi) is 4.47. The molecule has 1 atom stereocenters. The van der Waals surface area contributed by atoms with Crippen LogP contribution in [0.2, 0.25) is 0 Å². The smallest absolute Gasteiger partial charge is 0.182 e. The molecule has 4 N–H and O–H groups in total. The fourth-order valence-corrected chi connectivity index (χ4v) is 3.74. The molecule has 2 aliphatic rings. The molecule has 0 aliphatic carbocycles. The minimum absolute atomic E-state index is 0.264. The largest absolute Gasteiger partial charge is 0.398 e. The Balaban J connectivity index is 1.62. The summed E-state index contributed by atoms with van der Waals surface area (Å²) >= 11 is 0. The van der Waals surface area contributed by atoms with Crippen LogP contribution < -0.4 is 10.6 Å². The lowest BCUT2D eigenvalue weighted by molar-refractivity contribution is -0.423. The number of benzene rings is 1. The molecular formula is C21H25N6O+. The average molecular weight is 377 g/mol. The number of anilines is 2. The van der Waals surface area contributed by atoms with E-state index in [-0.39, 0.29) is 5.71 Å². The number of nitrogen functional groups attached to an aromatic ring is 1. The van der Waals surface area contributed by atoms with E-state index in [1.54, 1.807) is 6.07 Å². The van der Waals surface area contributed by atoms with Gasteiger partial charge in [0.1, 0.15) is 24.8 Å². The van der Waals surface area contributed by atoms with E-state index in [0.717, 1.165) is 36.3 Å². The first kappa shape index (κ1) is 18.3. The van der Waals surface area contributed by atoms with Gasteiger partial charge in [0, 0.05) is 30.4 Å². The zero-order valence-electron chi connectivity index (χ0n) is 16.2. The lowest BCUT2D eigenvalue weighted by atomic mass is 9.95. The van der Waals surface area contributed by atoms with Gasteiger partial charge in [0.15, 0.2) is 12.4 Å². The van der Waals surface area contributed by atoms with Gasteiger partial charge < -0.3 is 15.7 Å². The van der Waals surface area contributed by atoms with E-state index in [1.165, 1.54) is 6.33 Å². The van der Waals surface area contributed by atoms with Crippen LogP contribution >= 0.6 is 0 Å². The van der Waals surface area contributed by atoms with Crippen molar-refractivity contribution >= 4 is 29.0 Å². The quantitative estimate of drug-likeness (QED) is 0.429. The van der Waals surface area contributed by atoms with Gasteiger partial charge in [-0.15, -0.1) is 0 Å². The van der Waals surface area contributed by atoms with Gasteiger partial charge >= 0.3 is 0 Å². The molecule has 0 radical (unpaired) electrons. The van der Waals surface area contributed by atoms with Crippen molar-refractivity contribution in [1.82, 2.24) is 9.97 Å². The highest BCUT2D eigenvalue weighted by molar-refractivity contribution is 6.15. The van der Waals surface area contributed by atoms with Crippen molar-refractivity contribution in [2.45, 2.75) is 25.4 Å². The maximum absolute atomic E-state index is 10.4. The van der Waals surface area contributed by atoms with Crippen LogP contribution in [0.1, 0.15) is 36.6 Å². The normalized spacial score (nSPS) is 21.6. The van der Waals surface area contributed by atoms with E-state index >= 15 is 0 Å². The van der Waals surface area contributed by atoms with Crippen LogP contribution in [0.25, 0.3) is 5.57 Å². The number of hydrogen-bond acceptors (Lipinski definition) is 6. The first-order valence-corrected chi connectivity index (χ1v) is 9.40. The number of aliphatic hydroxyl groups is 1. The van der Waals surface area contributed by atoms with Crippen molar-refractivity contribution in [3.63, 3.8) is 0 Å². The van der Waals surface area contributed by atoms with Gasteiger partial charge in [-0.05, 0) is 37.5 Å². The molecule has 3 heterocycles. The summed E-state index contributed by atoms with van der Waals surface area (Å²) in [5.41, 5.74) is 9.54. The number of aromatic nitrogens is 2. The third-order valence-electron chi connectivity index (χ3n) is 5.25. The van der Waals surface area contributed by atoms with Crippen molar-refractivity contribution < 1.29 is 9.68 Å². The molecule has 1 unspecified atom stereocenters. The highest BCUT2D eigenvalue weighted by atomic mass is 16.3. The van der Waals surface area contributed by atoms with Gasteiger partial charge in [0.2, 0.25) is 0 Å². The second-order valence-corrected chi connectivity index (χ2v) is 7.84. The van der Waals surface area contributed by atoms with Crippen molar-refractivity contribution in [3.05, 3.63) is 53.6 Å². The summed E-state index contributed by atoms with van der Waals surface area (Å²) < 4.78 is 1.99. The summed E-state index contributed by atoms with van der Waals surface area (Å²) in [4.78, 5) is 10.7. The molecule has 1 aromatic heterocycles. The predicted molar refractivity (Wildman–Crippen MR) is 111 cm³/mol. The molecule has 1 aromatic carbocycles. The first-order valence-electron chi connectivity index (χ1n) is 9.40. The number of nitrogens with one attached hydrogen (secondary N) is 1. The predicted octanol–water partition coefficient (Wildman–Crippen LogP) is 1.89. The Morgan fingerprint density at radius 1 is 1.32 bits per heavy atom. The Bertz CT molecular complexity index is 1010. The van der Waals surface area contributed by atoms with Gasteiger partial charge in [-0.1, -0.05) is 6.07 Å². The van der Waals surface area contributed by atoms with Crippen molar-refractivity contribution in [2.75, 3.05) is 30.8 Å². The fourth-order valence-electron chi connectivity index (χ4n) is 3.74. The van der Waals surface area contributed by atoms with Crippen LogP contribution in [0.5, 0.6) is 0 Å². The molecule has 144 valence electrons. The molecule has 0 saturated carbocycles. The zero-order valence-corrected chi connectivity index (χ0v) is 16.2. The average Bonchev–Trinajstić information content (AvgIpc) is 2.65. The van der Waals surface area contributed by atoms with E-state index in [0.29, 0.717) is 23.5 Å². The lowest BCUT2D eigenvalue weighted by Crippen LogP contribution is -2.46. The summed E-state index contributed by atoms with van der Waals surface area (Å²) in [6.45, 7) is 3.19. The zero-order chi connectivity index (χ0) is 19.9. The van der Waals surface area contributed by atoms with E-state index in [1.807, 2.05) is 54.1 Å². The second-order valence-electron chi connectivity index (χ2n) is 7.84. The maximum Gasteiger partial charge on any atom is 0.182 e. The van der Waals surface area contributed by atoms with Gasteiger partial charge in [-0.3, -0.25) is 5.41 Å². The fraction of sp³-hybridized carbons (Fsp3) is 0.333. The number of nitrogens with zero attached hydrogens (tertiary/aromatic N) is 4. The molecule has 7 heteroatoms. The van der Waals surface area contributed by atoms with Crippen LogP contribution in [0.3, 0.4) is 0 Å². The third-order valence-corrected chi connectivity index (χ3v) is 5.25. The maximum atomic E-state index is 10.4. The third kappa shape index (κ3) is 3.53.